The van der Waals surface area contributed by atoms with Crippen molar-refractivity contribution in [2.75, 3.05) is 7.05 Å². The first-order valence-electron chi connectivity index (χ1n) is 6.84. The molecule has 4 nitrogen and oxygen atoms in total. The molecule has 18 heavy (non-hydrogen) atoms. The van der Waals surface area contributed by atoms with Gasteiger partial charge in [-0.25, -0.2) is 4.98 Å². The fourth-order valence-corrected chi connectivity index (χ4v) is 3.02. The van der Waals surface area contributed by atoms with E-state index in [1.807, 2.05) is 20.9 Å². The van der Waals surface area contributed by atoms with Crippen molar-refractivity contribution >= 4 is 0 Å². The molecule has 0 spiro atoms. The molecule has 0 aliphatic heterocycles. The molecular weight excluding hydrogens is 226 g/mol. The van der Waals surface area contributed by atoms with Gasteiger partial charge in [0.2, 0.25) is 0 Å². The molecule has 1 unspecified atom stereocenters. The predicted molar refractivity (Wildman–Crippen MR) is 72.8 cm³/mol. The highest BCUT2D eigenvalue weighted by atomic mass is 16.1. The van der Waals surface area contributed by atoms with Gasteiger partial charge in [-0.3, -0.25) is 9.36 Å². The number of hydrogen-bond donors (Lipinski definition) is 1. The van der Waals surface area contributed by atoms with E-state index in [0.717, 1.165) is 18.1 Å². The molecule has 1 heterocycles. The van der Waals surface area contributed by atoms with Crippen LogP contribution < -0.4 is 10.9 Å². The third-order valence-electron chi connectivity index (χ3n) is 4.05. The summed E-state index contributed by atoms with van der Waals surface area (Å²) < 4.78 is 1.80. The minimum absolute atomic E-state index is 0.0678. The van der Waals surface area contributed by atoms with Crippen molar-refractivity contribution in [1.29, 1.82) is 0 Å². The Hall–Kier alpha value is -1.16. The molecule has 1 atom stereocenters. The topological polar surface area (TPSA) is 46.9 Å². The minimum Gasteiger partial charge on any atom is -0.315 e. The lowest BCUT2D eigenvalue weighted by atomic mass is 9.98. The Bertz CT molecular complexity index is 461. The van der Waals surface area contributed by atoms with E-state index in [4.69, 9.17) is 0 Å². The first-order valence-corrected chi connectivity index (χ1v) is 6.84. The molecule has 1 saturated carbocycles. The van der Waals surface area contributed by atoms with Crippen molar-refractivity contribution in [2.45, 2.75) is 52.1 Å². The van der Waals surface area contributed by atoms with Crippen LogP contribution in [-0.2, 0) is 6.54 Å². The zero-order chi connectivity index (χ0) is 13.1. The molecule has 0 saturated heterocycles. The molecule has 100 valence electrons. The smallest absolute Gasteiger partial charge is 0.253 e. The Morgan fingerprint density at radius 1 is 1.44 bits per heavy atom. The molecular formula is C14H23N3O. The number of hydrogen-bond acceptors (Lipinski definition) is 3. The Kier molecular flexibility index (Phi) is 4.17. The van der Waals surface area contributed by atoms with Gasteiger partial charge in [0.1, 0.15) is 5.82 Å². The zero-order valence-corrected chi connectivity index (χ0v) is 11.6. The predicted octanol–water partition coefficient (Wildman–Crippen LogP) is 1.64. The number of nitrogens with zero attached hydrogens (tertiary/aromatic N) is 2. The number of aryl methyl sites for hydroxylation is 2. The standard InChI is InChI=1S/C14H23N3O/c1-10-8-14(18)17(11(2)16-10)9-13(15-3)12-6-4-5-7-12/h8,12-13,15H,4-7,9H2,1-3H3. The Labute approximate surface area is 108 Å². The van der Waals surface area contributed by atoms with Gasteiger partial charge in [-0.1, -0.05) is 12.8 Å². The monoisotopic (exact) mass is 249 g/mol. The second-order valence-corrected chi connectivity index (χ2v) is 5.33. The van der Waals surface area contributed by atoms with Crippen molar-refractivity contribution in [1.82, 2.24) is 14.9 Å². The summed E-state index contributed by atoms with van der Waals surface area (Å²) in [6.45, 7) is 4.51. The molecule has 1 fully saturated rings. The minimum atomic E-state index is 0.0678. The molecule has 1 aromatic rings. The zero-order valence-electron chi connectivity index (χ0n) is 11.6. The molecule has 0 aromatic carbocycles. The number of likely N-dealkylation sites (N-methyl/N-ethyl adjacent to an activating group) is 1. The Balaban J connectivity index is 2.19. The van der Waals surface area contributed by atoms with E-state index < -0.39 is 0 Å². The maximum atomic E-state index is 12.0. The normalized spacial score (nSPS) is 18.2. The summed E-state index contributed by atoms with van der Waals surface area (Å²) in [6, 6.07) is 2.00. The van der Waals surface area contributed by atoms with Gasteiger partial charge in [-0.15, -0.1) is 0 Å². The molecule has 0 bridgehead atoms. The van der Waals surface area contributed by atoms with E-state index in [1.165, 1.54) is 25.7 Å². The fourth-order valence-electron chi connectivity index (χ4n) is 3.02. The first-order chi connectivity index (χ1) is 8.61. The summed E-state index contributed by atoms with van der Waals surface area (Å²) in [4.78, 5) is 16.4. The number of rotatable bonds is 4. The van der Waals surface area contributed by atoms with Crippen LogP contribution in [0.25, 0.3) is 0 Å². The largest absolute Gasteiger partial charge is 0.315 e. The van der Waals surface area contributed by atoms with Crippen LogP contribution in [0.5, 0.6) is 0 Å². The van der Waals surface area contributed by atoms with E-state index in [1.54, 1.807) is 10.6 Å². The number of aromatic nitrogens is 2. The van der Waals surface area contributed by atoms with Crippen molar-refractivity contribution in [2.24, 2.45) is 5.92 Å². The van der Waals surface area contributed by atoms with Crippen LogP contribution in [0, 0.1) is 19.8 Å². The van der Waals surface area contributed by atoms with Crippen LogP contribution in [0.2, 0.25) is 0 Å². The summed E-state index contributed by atoms with van der Waals surface area (Å²) in [6.07, 6.45) is 5.20. The van der Waals surface area contributed by atoms with E-state index in [2.05, 4.69) is 10.3 Å². The van der Waals surface area contributed by atoms with Crippen LogP contribution in [0.1, 0.15) is 37.2 Å². The summed E-state index contributed by atoms with van der Waals surface area (Å²) >= 11 is 0. The van der Waals surface area contributed by atoms with Crippen LogP contribution in [0.4, 0.5) is 0 Å². The van der Waals surface area contributed by atoms with E-state index in [0.29, 0.717) is 12.0 Å². The molecule has 2 rings (SSSR count). The average Bonchev–Trinajstić information content (AvgIpc) is 2.81. The fraction of sp³-hybridized carbons (Fsp3) is 0.714. The van der Waals surface area contributed by atoms with Gasteiger partial charge < -0.3 is 5.32 Å². The number of nitrogens with one attached hydrogen (secondary N) is 1. The van der Waals surface area contributed by atoms with Gasteiger partial charge >= 0.3 is 0 Å². The summed E-state index contributed by atoms with van der Waals surface area (Å²) in [5.41, 5.74) is 0.869. The Morgan fingerprint density at radius 3 is 2.67 bits per heavy atom. The van der Waals surface area contributed by atoms with E-state index >= 15 is 0 Å². The summed E-state index contributed by atoms with van der Waals surface area (Å²) in [5.74, 6) is 1.51. The molecule has 0 radical (unpaired) electrons. The van der Waals surface area contributed by atoms with Gasteiger partial charge in [0.05, 0.1) is 0 Å². The average molecular weight is 249 g/mol. The van der Waals surface area contributed by atoms with Crippen molar-refractivity contribution in [3.05, 3.63) is 27.9 Å². The lowest BCUT2D eigenvalue weighted by Crippen LogP contribution is -2.40. The lowest BCUT2D eigenvalue weighted by Gasteiger charge is -2.24. The third kappa shape index (κ3) is 2.80. The molecule has 1 aliphatic rings. The third-order valence-corrected chi connectivity index (χ3v) is 4.05. The highest BCUT2D eigenvalue weighted by molar-refractivity contribution is 5.02. The SMILES string of the molecule is CNC(Cn1c(C)nc(C)cc1=O)C1CCCC1. The molecule has 1 aromatic heterocycles. The second kappa shape index (κ2) is 5.65. The lowest BCUT2D eigenvalue weighted by molar-refractivity contribution is 0.332. The van der Waals surface area contributed by atoms with Crippen LogP contribution in [-0.4, -0.2) is 22.6 Å². The molecule has 4 heteroatoms. The van der Waals surface area contributed by atoms with Gasteiger partial charge in [0.15, 0.2) is 0 Å². The van der Waals surface area contributed by atoms with Crippen molar-refractivity contribution in [3.8, 4) is 0 Å². The van der Waals surface area contributed by atoms with Gasteiger partial charge in [-0.2, -0.15) is 0 Å². The quantitative estimate of drug-likeness (QED) is 0.882. The first kappa shape index (κ1) is 13.3. The molecule has 1 N–H and O–H groups in total. The van der Waals surface area contributed by atoms with Crippen LogP contribution in [0.3, 0.4) is 0 Å². The summed E-state index contributed by atoms with van der Waals surface area (Å²) in [7, 11) is 1.99. The van der Waals surface area contributed by atoms with E-state index in [9.17, 15) is 4.79 Å². The van der Waals surface area contributed by atoms with Gasteiger partial charge in [0.25, 0.3) is 5.56 Å². The molecule has 0 amide bonds. The highest BCUT2D eigenvalue weighted by Crippen LogP contribution is 2.28. The van der Waals surface area contributed by atoms with Gasteiger partial charge in [0, 0.05) is 24.3 Å². The highest BCUT2D eigenvalue weighted by Gasteiger charge is 2.24. The van der Waals surface area contributed by atoms with Crippen LogP contribution >= 0.6 is 0 Å². The van der Waals surface area contributed by atoms with E-state index in [-0.39, 0.29) is 5.56 Å². The van der Waals surface area contributed by atoms with Crippen LogP contribution in [0.15, 0.2) is 10.9 Å². The van der Waals surface area contributed by atoms with Gasteiger partial charge in [-0.05, 0) is 39.7 Å². The molecule has 1 aliphatic carbocycles. The maximum absolute atomic E-state index is 12.0. The second-order valence-electron chi connectivity index (χ2n) is 5.33. The maximum Gasteiger partial charge on any atom is 0.253 e. The van der Waals surface area contributed by atoms with Crippen molar-refractivity contribution in [3.63, 3.8) is 0 Å². The summed E-state index contributed by atoms with van der Waals surface area (Å²) in [5, 5.41) is 3.37. The van der Waals surface area contributed by atoms with Crippen molar-refractivity contribution < 1.29 is 0 Å². The Morgan fingerprint density at radius 2 is 2.11 bits per heavy atom.